The lowest BCUT2D eigenvalue weighted by Gasteiger charge is -2.15. The highest BCUT2D eigenvalue weighted by atomic mass is 16.5. The van der Waals surface area contributed by atoms with Gasteiger partial charge in [0, 0.05) is 11.8 Å². The van der Waals surface area contributed by atoms with Crippen LogP contribution < -0.4 is 15.4 Å². The molecule has 0 spiro atoms. The molecule has 1 atom stereocenters. The highest BCUT2D eigenvalue weighted by Gasteiger charge is 2.10. The van der Waals surface area contributed by atoms with E-state index in [2.05, 4.69) is 10.6 Å². The Morgan fingerprint density at radius 2 is 1.90 bits per heavy atom. The van der Waals surface area contributed by atoms with Crippen molar-refractivity contribution >= 4 is 11.7 Å². The van der Waals surface area contributed by atoms with Crippen LogP contribution in [0.1, 0.15) is 18.5 Å². The third kappa shape index (κ3) is 3.89. The summed E-state index contributed by atoms with van der Waals surface area (Å²) in [6.45, 7) is 1.90. The van der Waals surface area contributed by atoms with Gasteiger partial charge in [-0.3, -0.25) is 0 Å². The number of hydrogen-bond donors (Lipinski definition) is 3. The molecule has 2 rings (SSSR count). The first-order valence-electron chi connectivity index (χ1n) is 6.59. The summed E-state index contributed by atoms with van der Waals surface area (Å²) in [5.41, 5.74) is 1.51. The third-order valence-corrected chi connectivity index (χ3v) is 3.08. The molecule has 2 aromatic rings. The first-order valence-corrected chi connectivity index (χ1v) is 6.59. The lowest BCUT2D eigenvalue weighted by atomic mass is 10.1. The van der Waals surface area contributed by atoms with Crippen molar-refractivity contribution < 1.29 is 14.6 Å². The zero-order valence-electron chi connectivity index (χ0n) is 12.0. The molecule has 0 unspecified atom stereocenters. The number of anilines is 1. The minimum absolute atomic E-state index is 0.0218. The normalized spacial score (nSPS) is 11.5. The predicted molar refractivity (Wildman–Crippen MR) is 81.7 cm³/mol. The van der Waals surface area contributed by atoms with Crippen LogP contribution in [0.5, 0.6) is 11.5 Å². The Morgan fingerprint density at radius 3 is 2.52 bits per heavy atom. The minimum Gasteiger partial charge on any atom is -0.504 e. The Morgan fingerprint density at radius 1 is 1.19 bits per heavy atom. The SMILES string of the molecule is COc1ccc(NC(=O)N[C@@H](C)c2ccccc2)cc1O. The van der Waals surface area contributed by atoms with Gasteiger partial charge in [-0.05, 0) is 24.6 Å². The molecular weight excluding hydrogens is 268 g/mol. The fraction of sp³-hybridized carbons (Fsp3) is 0.188. The Kier molecular flexibility index (Phi) is 4.66. The molecule has 0 aliphatic carbocycles. The van der Waals surface area contributed by atoms with Gasteiger partial charge >= 0.3 is 6.03 Å². The molecule has 2 amide bonds. The molecule has 0 saturated heterocycles. The molecule has 21 heavy (non-hydrogen) atoms. The topological polar surface area (TPSA) is 70.6 Å². The van der Waals surface area contributed by atoms with E-state index in [1.165, 1.54) is 13.2 Å². The van der Waals surface area contributed by atoms with Gasteiger partial charge in [-0.15, -0.1) is 0 Å². The largest absolute Gasteiger partial charge is 0.504 e. The fourth-order valence-electron chi connectivity index (χ4n) is 1.96. The molecule has 0 heterocycles. The Hall–Kier alpha value is -2.69. The van der Waals surface area contributed by atoms with Crippen molar-refractivity contribution in [3.8, 4) is 11.5 Å². The molecule has 0 bridgehead atoms. The van der Waals surface area contributed by atoms with E-state index in [1.807, 2.05) is 37.3 Å². The maximum absolute atomic E-state index is 11.9. The lowest BCUT2D eigenvalue weighted by molar-refractivity contribution is 0.249. The van der Waals surface area contributed by atoms with Crippen molar-refractivity contribution in [1.29, 1.82) is 0 Å². The lowest BCUT2D eigenvalue weighted by Crippen LogP contribution is -2.31. The van der Waals surface area contributed by atoms with Crippen molar-refractivity contribution in [2.75, 3.05) is 12.4 Å². The number of hydrogen-bond acceptors (Lipinski definition) is 3. The number of carbonyl (C=O) groups excluding carboxylic acids is 1. The standard InChI is InChI=1S/C16H18N2O3/c1-11(12-6-4-3-5-7-12)17-16(20)18-13-8-9-15(21-2)14(19)10-13/h3-11,19H,1-2H3,(H2,17,18,20)/t11-/m0/s1. The van der Waals surface area contributed by atoms with Crippen LogP contribution in [0, 0.1) is 0 Å². The van der Waals surface area contributed by atoms with Gasteiger partial charge in [0.05, 0.1) is 13.2 Å². The molecule has 0 aliphatic heterocycles. The number of ether oxygens (including phenoxy) is 1. The molecule has 0 saturated carbocycles. The number of phenolic OH excluding ortho intramolecular Hbond substituents is 1. The summed E-state index contributed by atoms with van der Waals surface area (Å²) in [6, 6.07) is 13.9. The van der Waals surface area contributed by atoms with Crippen LogP contribution in [0.3, 0.4) is 0 Å². The highest BCUT2D eigenvalue weighted by molar-refractivity contribution is 5.89. The number of aromatic hydroxyl groups is 1. The van der Waals surface area contributed by atoms with E-state index in [-0.39, 0.29) is 17.8 Å². The average Bonchev–Trinajstić information content (AvgIpc) is 2.48. The molecule has 5 heteroatoms. The van der Waals surface area contributed by atoms with Gasteiger partial charge in [-0.2, -0.15) is 0 Å². The number of nitrogens with one attached hydrogen (secondary N) is 2. The van der Waals surface area contributed by atoms with Crippen LogP contribution in [-0.4, -0.2) is 18.2 Å². The first kappa shape index (κ1) is 14.7. The summed E-state index contributed by atoms with van der Waals surface area (Å²) in [4.78, 5) is 11.9. The van der Waals surface area contributed by atoms with E-state index < -0.39 is 0 Å². The van der Waals surface area contributed by atoms with Gasteiger partial charge in [0.1, 0.15) is 0 Å². The van der Waals surface area contributed by atoms with Crippen LogP contribution in [-0.2, 0) is 0 Å². The predicted octanol–water partition coefficient (Wildman–Crippen LogP) is 3.28. The Bertz CT molecular complexity index is 614. The summed E-state index contributed by atoms with van der Waals surface area (Å²) < 4.78 is 4.95. The molecule has 0 aromatic heterocycles. The van der Waals surface area contributed by atoms with Crippen LogP contribution in [0.2, 0.25) is 0 Å². The maximum Gasteiger partial charge on any atom is 0.319 e. The van der Waals surface area contributed by atoms with Crippen LogP contribution in [0.4, 0.5) is 10.5 Å². The molecule has 110 valence electrons. The summed E-state index contributed by atoms with van der Waals surface area (Å²) in [5.74, 6) is 0.338. The van der Waals surface area contributed by atoms with Crippen molar-refractivity contribution in [3.05, 3.63) is 54.1 Å². The molecular formula is C16H18N2O3. The van der Waals surface area contributed by atoms with Gasteiger partial charge in [-0.25, -0.2) is 4.79 Å². The molecule has 0 aliphatic rings. The van der Waals surface area contributed by atoms with E-state index >= 15 is 0 Å². The molecule has 2 aromatic carbocycles. The number of rotatable bonds is 4. The smallest absolute Gasteiger partial charge is 0.319 e. The van der Waals surface area contributed by atoms with E-state index in [1.54, 1.807) is 12.1 Å². The maximum atomic E-state index is 11.9. The quantitative estimate of drug-likeness (QED) is 0.807. The zero-order valence-corrected chi connectivity index (χ0v) is 12.0. The van der Waals surface area contributed by atoms with Crippen LogP contribution in [0.15, 0.2) is 48.5 Å². The fourth-order valence-corrected chi connectivity index (χ4v) is 1.96. The van der Waals surface area contributed by atoms with Gasteiger partial charge in [0.25, 0.3) is 0 Å². The second-order valence-corrected chi connectivity index (χ2v) is 4.62. The number of benzene rings is 2. The van der Waals surface area contributed by atoms with E-state index in [0.717, 1.165) is 5.56 Å². The van der Waals surface area contributed by atoms with E-state index in [9.17, 15) is 9.90 Å². The van der Waals surface area contributed by atoms with Gasteiger partial charge in [-0.1, -0.05) is 30.3 Å². The summed E-state index contributed by atoms with van der Waals surface area (Å²) in [7, 11) is 1.47. The minimum atomic E-state index is -0.337. The third-order valence-electron chi connectivity index (χ3n) is 3.08. The number of phenols is 1. The highest BCUT2D eigenvalue weighted by Crippen LogP contribution is 2.28. The van der Waals surface area contributed by atoms with Gasteiger partial charge < -0.3 is 20.5 Å². The second-order valence-electron chi connectivity index (χ2n) is 4.62. The van der Waals surface area contributed by atoms with E-state index in [0.29, 0.717) is 11.4 Å². The van der Waals surface area contributed by atoms with Crippen LogP contribution in [0.25, 0.3) is 0 Å². The number of methoxy groups -OCH3 is 1. The van der Waals surface area contributed by atoms with E-state index in [4.69, 9.17) is 4.74 Å². The average molecular weight is 286 g/mol. The monoisotopic (exact) mass is 286 g/mol. The van der Waals surface area contributed by atoms with Crippen molar-refractivity contribution in [3.63, 3.8) is 0 Å². The Labute approximate surface area is 123 Å². The first-order chi connectivity index (χ1) is 10.1. The number of carbonyl (C=O) groups is 1. The molecule has 5 nitrogen and oxygen atoms in total. The van der Waals surface area contributed by atoms with Crippen molar-refractivity contribution in [2.45, 2.75) is 13.0 Å². The van der Waals surface area contributed by atoms with Crippen molar-refractivity contribution in [1.82, 2.24) is 5.32 Å². The zero-order chi connectivity index (χ0) is 15.2. The summed E-state index contributed by atoms with van der Waals surface area (Å²) in [6.07, 6.45) is 0. The van der Waals surface area contributed by atoms with Gasteiger partial charge in [0.15, 0.2) is 11.5 Å². The number of amides is 2. The molecule has 0 fully saturated rings. The summed E-state index contributed by atoms with van der Waals surface area (Å²) in [5, 5.41) is 15.2. The number of urea groups is 1. The van der Waals surface area contributed by atoms with Crippen LogP contribution >= 0.6 is 0 Å². The second kappa shape index (κ2) is 6.65. The molecule has 0 radical (unpaired) electrons. The molecule has 3 N–H and O–H groups in total. The van der Waals surface area contributed by atoms with Gasteiger partial charge in [0.2, 0.25) is 0 Å². The Balaban J connectivity index is 1.97. The van der Waals surface area contributed by atoms with Crippen molar-refractivity contribution in [2.24, 2.45) is 0 Å². The summed E-state index contributed by atoms with van der Waals surface area (Å²) >= 11 is 0.